The van der Waals surface area contributed by atoms with Gasteiger partial charge in [0.25, 0.3) is 0 Å². The van der Waals surface area contributed by atoms with Crippen molar-refractivity contribution in [1.82, 2.24) is 4.57 Å². The Bertz CT molecular complexity index is 804. The highest BCUT2D eigenvalue weighted by Gasteiger charge is 2.11. The molecule has 3 rings (SSSR count). The van der Waals surface area contributed by atoms with Crippen LogP contribution in [0, 0.1) is 0 Å². The van der Waals surface area contributed by atoms with Crippen LogP contribution in [0.15, 0.2) is 48.7 Å². The van der Waals surface area contributed by atoms with Gasteiger partial charge in [0.1, 0.15) is 0 Å². The minimum absolute atomic E-state index is 0.680. The van der Waals surface area contributed by atoms with E-state index in [0.29, 0.717) is 11.5 Å². The lowest BCUT2D eigenvalue weighted by Crippen LogP contribution is -1.97. The van der Waals surface area contributed by atoms with Gasteiger partial charge in [-0.3, -0.25) is 4.79 Å². The summed E-state index contributed by atoms with van der Waals surface area (Å²) in [6, 6.07) is 13.6. The maximum Gasteiger partial charge on any atom is 0.162 e. The summed E-state index contributed by atoms with van der Waals surface area (Å²) in [6.45, 7) is 0. The van der Waals surface area contributed by atoms with Crippen LogP contribution in [0.1, 0.15) is 9.67 Å². The number of rotatable bonds is 5. The van der Waals surface area contributed by atoms with E-state index in [2.05, 4.69) is 4.57 Å². The van der Waals surface area contributed by atoms with Gasteiger partial charge in [-0.25, -0.2) is 0 Å². The normalized spacial score (nSPS) is 10.5. The monoisotopic (exact) mass is 313 g/mol. The molecule has 2 aromatic heterocycles. The highest BCUT2D eigenvalue weighted by atomic mass is 32.1. The maximum atomic E-state index is 10.9. The maximum absolute atomic E-state index is 10.9. The fraction of sp³-hybridized carbons (Fsp3) is 0.118. The predicted molar refractivity (Wildman–Crippen MR) is 87.6 cm³/mol. The van der Waals surface area contributed by atoms with Gasteiger partial charge in [-0.1, -0.05) is 0 Å². The smallest absolute Gasteiger partial charge is 0.162 e. The Labute approximate surface area is 132 Å². The van der Waals surface area contributed by atoms with Crippen molar-refractivity contribution >= 4 is 17.6 Å². The zero-order chi connectivity index (χ0) is 15.5. The number of aromatic nitrogens is 1. The Morgan fingerprint density at radius 1 is 1.05 bits per heavy atom. The van der Waals surface area contributed by atoms with Gasteiger partial charge in [-0.05, 0) is 36.4 Å². The van der Waals surface area contributed by atoms with Gasteiger partial charge >= 0.3 is 0 Å². The number of hydrogen-bond donors (Lipinski definition) is 0. The van der Waals surface area contributed by atoms with Gasteiger partial charge < -0.3 is 14.0 Å². The Morgan fingerprint density at radius 2 is 1.86 bits per heavy atom. The Hall–Kier alpha value is -2.53. The van der Waals surface area contributed by atoms with E-state index in [1.807, 2.05) is 48.7 Å². The van der Waals surface area contributed by atoms with Crippen molar-refractivity contribution in [2.45, 2.75) is 0 Å². The molecule has 0 amide bonds. The SMILES string of the molecule is COc1ccc(-n2cccc2-c2ccc(C=O)s2)cc1OC. The average molecular weight is 313 g/mol. The van der Waals surface area contributed by atoms with Crippen LogP contribution in [0.3, 0.4) is 0 Å². The second-order valence-corrected chi connectivity index (χ2v) is 5.74. The second-order valence-electron chi connectivity index (χ2n) is 4.62. The molecule has 0 radical (unpaired) electrons. The molecule has 0 aliphatic carbocycles. The van der Waals surface area contributed by atoms with E-state index >= 15 is 0 Å². The summed E-state index contributed by atoms with van der Waals surface area (Å²) in [4.78, 5) is 12.6. The van der Waals surface area contributed by atoms with E-state index < -0.39 is 0 Å². The number of thiophene rings is 1. The third-order valence-corrected chi connectivity index (χ3v) is 4.42. The van der Waals surface area contributed by atoms with Crippen LogP contribution in [0.25, 0.3) is 16.3 Å². The van der Waals surface area contributed by atoms with Gasteiger partial charge in [0, 0.05) is 18.0 Å². The van der Waals surface area contributed by atoms with Crippen molar-refractivity contribution < 1.29 is 14.3 Å². The van der Waals surface area contributed by atoms with Crippen molar-refractivity contribution in [2.75, 3.05) is 14.2 Å². The van der Waals surface area contributed by atoms with Crippen LogP contribution < -0.4 is 9.47 Å². The molecule has 0 saturated heterocycles. The molecule has 112 valence electrons. The third kappa shape index (κ3) is 2.51. The molecule has 4 nitrogen and oxygen atoms in total. The first kappa shape index (κ1) is 14.4. The van der Waals surface area contributed by atoms with Crippen molar-refractivity contribution in [3.05, 3.63) is 53.5 Å². The quantitative estimate of drug-likeness (QED) is 0.668. The lowest BCUT2D eigenvalue weighted by molar-refractivity contribution is 0.112. The van der Waals surface area contributed by atoms with E-state index in [1.165, 1.54) is 11.3 Å². The number of carbonyl (C=O) groups excluding carboxylic acids is 1. The molecule has 0 bridgehead atoms. The molecular weight excluding hydrogens is 298 g/mol. The van der Waals surface area contributed by atoms with E-state index in [1.54, 1.807) is 14.2 Å². The minimum Gasteiger partial charge on any atom is -0.493 e. The molecule has 0 aliphatic rings. The van der Waals surface area contributed by atoms with Gasteiger partial charge in [-0.15, -0.1) is 11.3 Å². The molecule has 0 aliphatic heterocycles. The standard InChI is InChI=1S/C17H15NO3S/c1-20-15-7-5-12(10-16(15)21-2)18-9-3-4-14(18)17-8-6-13(11-19)22-17/h3-11H,1-2H3. The number of carbonyl (C=O) groups is 1. The number of hydrogen-bond acceptors (Lipinski definition) is 4. The van der Waals surface area contributed by atoms with Crippen molar-refractivity contribution in [1.29, 1.82) is 0 Å². The number of benzene rings is 1. The lowest BCUT2D eigenvalue weighted by Gasteiger charge is -2.12. The zero-order valence-corrected chi connectivity index (χ0v) is 13.1. The Morgan fingerprint density at radius 3 is 2.55 bits per heavy atom. The molecule has 3 aromatic rings. The van der Waals surface area contributed by atoms with Crippen LogP contribution in [0.5, 0.6) is 11.5 Å². The Balaban J connectivity index is 2.06. The lowest BCUT2D eigenvalue weighted by atomic mass is 10.2. The first-order valence-electron chi connectivity index (χ1n) is 6.72. The zero-order valence-electron chi connectivity index (χ0n) is 12.3. The fourth-order valence-electron chi connectivity index (χ4n) is 2.34. The summed E-state index contributed by atoms with van der Waals surface area (Å²) in [6.07, 6.45) is 2.86. The first-order chi connectivity index (χ1) is 10.8. The average Bonchev–Trinajstić information content (AvgIpc) is 3.22. The van der Waals surface area contributed by atoms with Crippen LogP contribution >= 0.6 is 11.3 Å². The van der Waals surface area contributed by atoms with Crippen molar-refractivity contribution in [3.63, 3.8) is 0 Å². The first-order valence-corrected chi connectivity index (χ1v) is 7.53. The second kappa shape index (κ2) is 6.07. The van der Waals surface area contributed by atoms with Crippen LogP contribution in [0.2, 0.25) is 0 Å². The molecular formula is C17H15NO3S. The van der Waals surface area contributed by atoms with Gasteiger partial charge in [0.15, 0.2) is 17.8 Å². The van der Waals surface area contributed by atoms with Gasteiger partial charge in [0.2, 0.25) is 0 Å². The largest absolute Gasteiger partial charge is 0.493 e. The number of ether oxygens (including phenoxy) is 2. The van der Waals surface area contributed by atoms with Crippen molar-refractivity contribution in [3.8, 4) is 27.8 Å². The molecule has 0 N–H and O–H groups in total. The molecule has 2 heterocycles. The highest BCUT2D eigenvalue weighted by molar-refractivity contribution is 7.17. The molecule has 0 fully saturated rings. The summed E-state index contributed by atoms with van der Waals surface area (Å²) >= 11 is 1.47. The molecule has 0 spiro atoms. The molecule has 0 saturated carbocycles. The predicted octanol–water partition coefficient (Wildman–Crippen LogP) is 4.04. The summed E-state index contributed by atoms with van der Waals surface area (Å²) in [5, 5.41) is 0. The highest BCUT2D eigenvalue weighted by Crippen LogP contribution is 2.33. The molecule has 0 unspecified atom stereocenters. The molecule has 22 heavy (non-hydrogen) atoms. The number of aldehydes is 1. The molecule has 1 aromatic carbocycles. The topological polar surface area (TPSA) is 40.5 Å². The van der Waals surface area contributed by atoms with E-state index in [9.17, 15) is 4.79 Å². The van der Waals surface area contributed by atoms with Gasteiger partial charge in [-0.2, -0.15) is 0 Å². The Kier molecular flexibility index (Phi) is 3.98. The summed E-state index contributed by atoms with van der Waals surface area (Å²) in [7, 11) is 3.24. The molecule has 5 heteroatoms. The summed E-state index contributed by atoms with van der Waals surface area (Å²) < 4.78 is 12.7. The van der Waals surface area contributed by atoms with Crippen LogP contribution in [-0.4, -0.2) is 25.1 Å². The summed E-state index contributed by atoms with van der Waals surface area (Å²) in [5.41, 5.74) is 2.00. The van der Waals surface area contributed by atoms with E-state index in [-0.39, 0.29) is 0 Å². The number of methoxy groups -OCH3 is 2. The van der Waals surface area contributed by atoms with E-state index in [0.717, 1.165) is 27.4 Å². The van der Waals surface area contributed by atoms with Crippen LogP contribution in [-0.2, 0) is 0 Å². The number of nitrogens with zero attached hydrogens (tertiary/aromatic N) is 1. The van der Waals surface area contributed by atoms with Crippen molar-refractivity contribution in [2.24, 2.45) is 0 Å². The minimum atomic E-state index is 0.680. The van der Waals surface area contributed by atoms with Gasteiger partial charge in [0.05, 0.1) is 29.7 Å². The summed E-state index contributed by atoms with van der Waals surface area (Å²) in [5.74, 6) is 1.37. The molecule has 0 atom stereocenters. The van der Waals surface area contributed by atoms with E-state index in [4.69, 9.17) is 9.47 Å². The van der Waals surface area contributed by atoms with Crippen LogP contribution in [0.4, 0.5) is 0 Å². The third-order valence-electron chi connectivity index (χ3n) is 3.39. The fourth-order valence-corrected chi connectivity index (χ4v) is 3.18.